The maximum absolute atomic E-state index is 12.7. The fraction of sp³-hybridized carbons (Fsp3) is 0.833. The van der Waals surface area contributed by atoms with E-state index in [1.54, 1.807) is 11.8 Å². The van der Waals surface area contributed by atoms with E-state index < -0.39 is 0 Å². The molecule has 2 amide bonds. The van der Waals surface area contributed by atoms with Gasteiger partial charge in [-0.2, -0.15) is 4.98 Å². The number of hydrogen-bond donors (Lipinski definition) is 1. The molecule has 0 aromatic carbocycles. The van der Waals surface area contributed by atoms with Crippen molar-refractivity contribution in [1.82, 2.24) is 25.3 Å². The number of nitrogens with one attached hydrogen (secondary N) is 1. The average Bonchev–Trinajstić information content (AvgIpc) is 3.28. The fourth-order valence-corrected chi connectivity index (χ4v) is 4.26. The lowest BCUT2D eigenvalue weighted by molar-refractivity contribution is 0.0700. The summed E-state index contributed by atoms with van der Waals surface area (Å²) in [5, 5.41) is 7.09. The second-order valence-corrected chi connectivity index (χ2v) is 7.38. The number of aromatic nitrogens is 2. The van der Waals surface area contributed by atoms with Crippen LogP contribution in [0.5, 0.6) is 0 Å². The van der Waals surface area contributed by atoms with E-state index in [1.807, 2.05) is 6.92 Å². The molecule has 0 radical (unpaired) electrons. The van der Waals surface area contributed by atoms with Crippen LogP contribution in [0.4, 0.5) is 4.79 Å². The molecule has 1 aliphatic heterocycles. The van der Waals surface area contributed by atoms with Crippen molar-refractivity contribution in [3.63, 3.8) is 0 Å². The minimum atomic E-state index is -0.0340. The van der Waals surface area contributed by atoms with Gasteiger partial charge >= 0.3 is 6.03 Å². The molecular weight excluding hydrogens is 318 g/mol. The maximum atomic E-state index is 12.7. The first-order valence-electron chi connectivity index (χ1n) is 9.70. The van der Waals surface area contributed by atoms with Gasteiger partial charge < -0.3 is 14.7 Å². The van der Waals surface area contributed by atoms with Crippen molar-refractivity contribution in [1.29, 1.82) is 0 Å². The quantitative estimate of drug-likeness (QED) is 0.855. The van der Waals surface area contributed by atoms with Crippen LogP contribution in [-0.4, -0.2) is 57.7 Å². The summed E-state index contributed by atoms with van der Waals surface area (Å²) in [6.45, 7) is 7.84. The molecule has 7 heteroatoms. The van der Waals surface area contributed by atoms with Gasteiger partial charge in [0.15, 0.2) is 5.82 Å². The molecule has 2 heterocycles. The largest absolute Gasteiger partial charge is 0.340 e. The minimum Gasteiger partial charge on any atom is -0.340 e. The van der Waals surface area contributed by atoms with E-state index in [9.17, 15) is 4.79 Å². The Kier molecular flexibility index (Phi) is 5.93. The van der Waals surface area contributed by atoms with Gasteiger partial charge in [-0.25, -0.2) is 4.79 Å². The maximum Gasteiger partial charge on any atom is 0.317 e. The number of likely N-dealkylation sites (tertiary alicyclic amines) is 1. The van der Waals surface area contributed by atoms with Gasteiger partial charge in [-0.3, -0.25) is 4.90 Å². The fourth-order valence-electron chi connectivity index (χ4n) is 4.26. The van der Waals surface area contributed by atoms with Crippen LogP contribution in [0.3, 0.4) is 0 Å². The number of piperidine rings is 1. The number of hydrogen-bond acceptors (Lipinski definition) is 5. The highest BCUT2D eigenvalue weighted by atomic mass is 16.5. The van der Waals surface area contributed by atoms with Gasteiger partial charge in [0.2, 0.25) is 5.89 Å². The Bertz CT molecular complexity index is 562. The summed E-state index contributed by atoms with van der Waals surface area (Å²) in [4.78, 5) is 21.3. The highest BCUT2D eigenvalue weighted by Gasteiger charge is 2.40. The van der Waals surface area contributed by atoms with Gasteiger partial charge in [-0.05, 0) is 45.7 Å². The van der Waals surface area contributed by atoms with Crippen LogP contribution in [0.15, 0.2) is 4.52 Å². The third-order valence-electron chi connectivity index (χ3n) is 5.70. The van der Waals surface area contributed by atoms with Crippen molar-refractivity contribution in [3.05, 3.63) is 11.7 Å². The Morgan fingerprint density at radius 2 is 1.96 bits per heavy atom. The van der Waals surface area contributed by atoms with Crippen molar-refractivity contribution < 1.29 is 9.32 Å². The lowest BCUT2D eigenvalue weighted by atomic mass is 9.92. The molecular formula is C18H31N5O2. The third-order valence-corrected chi connectivity index (χ3v) is 5.70. The molecule has 2 aliphatic rings. The van der Waals surface area contributed by atoms with Crippen molar-refractivity contribution in [2.24, 2.45) is 0 Å². The molecule has 140 valence electrons. The highest BCUT2D eigenvalue weighted by molar-refractivity contribution is 5.74. The molecule has 25 heavy (non-hydrogen) atoms. The van der Waals surface area contributed by atoms with Crippen LogP contribution in [0.25, 0.3) is 0 Å². The van der Waals surface area contributed by atoms with Crippen LogP contribution >= 0.6 is 0 Å². The molecule has 2 fully saturated rings. The zero-order valence-electron chi connectivity index (χ0n) is 15.6. The first-order chi connectivity index (χ1) is 12.1. The molecule has 1 N–H and O–H groups in total. The van der Waals surface area contributed by atoms with E-state index in [1.165, 1.54) is 58.0 Å². The van der Waals surface area contributed by atoms with Gasteiger partial charge in [0.1, 0.15) is 0 Å². The zero-order valence-corrected chi connectivity index (χ0v) is 15.6. The van der Waals surface area contributed by atoms with E-state index in [0.29, 0.717) is 24.8 Å². The first-order valence-corrected chi connectivity index (χ1v) is 9.70. The summed E-state index contributed by atoms with van der Waals surface area (Å²) in [6.07, 6.45) is 8.85. The normalized spacial score (nSPS) is 20.6. The molecule has 1 saturated heterocycles. The number of urea groups is 1. The van der Waals surface area contributed by atoms with Crippen LogP contribution in [0.1, 0.15) is 63.6 Å². The van der Waals surface area contributed by atoms with E-state index in [0.717, 1.165) is 6.54 Å². The second kappa shape index (κ2) is 8.17. The summed E-state index contributed by atoms with van der Waals surface area (Å²) < 4.78 is 5.00. The lowest BCUT2D eigenvalue weighted by Gasteiger charge is -2.44. The van der Waals surface area contributed by atoms with Gasteiger partial charge in [-0.15, -0.1) is 0 Å². The molecule has 1 saturated carbocycles. The van der Waals surface area contributed by atoms with Crippen LogP contribution < -0.4 is 5.32 Å². The SMILES string of the molecule is CCN(Cc1noc(C)n1)C(=O)NCC1(N2CCCCC2)CCCC1. The van der Waals surface area contributed by atoms with Gasteiger partial charge in [0.25, 0.3) is 0 Å². The van der Waals surface area contributed by atoms with E-state index in [-0.39, 0.29) is 11.6 Å². The molecule has 1 aliphatic carbocycles. The number of carbonyl (C=O) groups excluding carboxylic acids is 1. The summed E-state index contributed by atoms with van der Waals surface area (Å²) in [5.74, 6) is 1.09. The lowest BCUT2D eigenvalue weighted by Crippen LogP contribution is -2.56. The van der Waals surface area contributed by atoms with Crippen molar-refractivity contribution in [2.75, 3.05) is 26.2 Å². The summed E-state index contributed by atoms with van der Waals surface area (Å²) >= 11 is 0. The number of aryl methyl sites for hydroxylation is 1. The van der Waals surface area contributed by atoms with Gasteiger partial charge in [-0.1, -0.05) is 24.4 Å². The number of carbonyl (C=O) groups is 1. The second-order valence-electron chi connectivity index (χ2n) is 7.38. The number of amides is 2. The van der Waals surface area contributed by atoms with Crippen LogP contribution in [0, 0.1) is 6.92 Å². The Hall–Kier alpha value is -1.63. The predicted octanol–water partition coefficient (Wildman–Crippen LogP) is 2.71. The van der Waals surface area contributed by atoms with Crippen molar-refractivity contribution >= 4 is 6.03 Å². The first kappa shape index (κ1) is 18.2. The topological polar surface area (TPSA) is 74.5 Å². The minimum absolute atomic E-state index is 0.0340. The highest BCUT2D eigenvalue weighted by Crippen LogP contribution is 2.36. The van der Waals surface area contributed by atoms with Gasteiger partial charge in [0, 0.05) is 25.6 Å². The summed E-state index contributed by atoms with van der Waals surface area (Å²) in [5.41, 5.74) is 0.165. The number of rotatable bonds is 6. The Morgan fingerprint density at radius 3 is 2.56 bits per heavy atom. The standard InChI is InChI=1S/C18H31N5O2/c1-3-22(13-16-20-15(2)25-21-16)17(24)19-14-18(9-5-6-10-18)23-11-7-4-8-12-23/h3-14H2,1-2H3,(H,19,24). The molecule has 0 atom stereocenters. The molecule has 0 bridgehead atoms. The predicted molar refractivity (Wildman–Crippen MR) is 95.1 cm³/mol. The molecule has 3 rings (SSSR count). The number of nitrogens with zero attached hydrogens (tertiary/aromatic N) is 4. The molecule has 1 aromatic rings. The van der Waals surface area contributed by atoms with E-state index in [2.05, 4.69) is 20.4 Å². The zero-order chi connectivity index (χ0) is 17.7. The molecule has 0 unspecified atom stereocenters. The Balaban J connectivity index is 1.58. The Morgan fingerprint density at radius 1 is 1.24 bits per heavy atom. The molecule has 7 nitrogen and oxygen atoms in total. The van der Waals surface area contributed by atoms with Crippen LogP contribution in [0.2, 0.25) is 0 Å². The average molecular weight is 349 g/mol. The van der Waals surface area contributed by atoms with E-state index >= 15 is 0 Å². The molecule has 1 aromatic heterocycles. The summed E-state index contributed by atoms with van der Waals surface area (Å²) in [7, 11) is 0. The van der Waals surface area contributed by atoms with E-state index in [4.69, 9.17) is 4.52 Å². The Labute approximate surface area is 150 Å². The third kappa shape index (κ3) is 4.32. The monoisotopic (exact) mass is 349 g/mol. The van der Waals surface area contributed by atoms with Gasteiger partial charge in [0.05, 0.1) is 6.54 Å². The van der Waals surface area contributed by atoms with Crippen molar-refractivity contribution in [3.8, 4) is 0 Å². The van der Waals surface area contributed by atoms with Crippen LogP contribution in [-0.2, 0) is 6.54 Å². The summed E-state index contributed by atoms with van der Waals surface area (Å²) in [6, 6.07) is -0.0340. The molecule has 0 spiro atoms. The smallest absolute Gasteiger partial charge is 0.317 e. The van der Waals surface area contributed by atoms with Crippen molar-refractivity contribution in [2.45, 2.75) is 70.9 Å².